The summed E-state index contributed by atoms with van der Waals surface area (Å²) in [5.41, 5.74) is 6.62. The van der Waals surface area contributed by atoms with Crippen LogP contribution in [0.15, 0.2) is 65.8 Å². The molecule has 9 heteroatoms. The monoisotopic (exact) mass is 539 g/mol. The van der Waals surface area contributed by atoms with E-state index in [1.54, 1.807) is 20.9 Å². The summed E-state index contributed by atoms with van der Waals surface area (Å²) in [4.78, 5) is 40.8. The standard InChI is InChI=1S/C29H37N5O3.ClH/c1-28(2,30)26(36)32-22(16-10-15-20-11-6-4-7-12-20)24(35)25-29(19-21-13-8-5-9-14-21)23(17-18-31-25)33-34(3)27(29)37;/h4-9,11-14,22,25,31H,10,15-19,30H2,1-3H3,(H,32,36);1H/t22?,25-,29-;/m0./s1. The van der Waals surface area contributed by atoms with Gasteiger partial charge in [-0.25, -0.2) is 5.01 Å². The van der Waals surface area contributed by atoms with E-state index in [1.165, 1.54) is 5.01 Å². The second-order valence-electron chi connectivity index (χ2n) is 10.7. The van der Waals surface area contributed by atoms with Gasteiger partial charge >= 0.3 is 0 Å². The highest BCUT2D eigenvalue weighted by molar-refractivity contribution is 6.17. The second-order valence-corrected chi connectivity index (χ2v) is 10.7. The molecule has 3 atom stereocenters. The van der Waals surface area contributed by atoms with Gasteiger partial charge in [0.1, 0.15) is 5.41 Å². The molecule has 4 N–H and O–H groups in total. The molecule has 1 unspecified atom stereocenters. The minimum atomic E-state index is -1.14. The summed E-state index contributed by atoms with van der Waals surface area (Å²) in [6, 6.07) is 18.1. The normalized spacial score (nSPS) is 21.7. The minimum Gasteiger partial charge on any atom is -0.345 e. The molecular weight excluding hydrogens is 502 g/mol. The van der Waals surface area contributed by atoms with Crippen LogP contribution in [0.3, 0.4) is 0 Å². The lowest BCUT2D eigenvalue weighted by Crippen LogP contribution is -2.66. The predicted molar refractivity (Wildman–Crippen MR) is 151 cm³/mol. The second kappa shape index (κ2) is 12.2. The average Bonchev–Trinajstić information content (AvgIpc) is 3.13. The maximum atomic E-state index is 14.2. The average molecular weight is 540 g/mol. The topological polar surface area (TPSA) is 117 Å². The molecule has 2 aromatic rings. The largest absolute Gasteiger partial charge is 0.345 e. The van der Waals surface area contributed by atoms with Crippen molar-refractivity contribution >= 4 is 35.7 Å². The van der Waals surface area contributed by atoms with Crippen molar-refractivity contribution in [2.45, 2.75) is 63.6 Å². The molecule has 0 saturated carbocycles. The zero-order valence-electron chi connectivity index (χ0n) is 22.3. The first-order valence-corrected chi connectivity index (χ1v) is 12.9. The number of hydrogen-bond donors (Lipinski definition) is 3. The Kier molecular flexibility index (Phi) is 9.46. The molecule has 0 aromatic heterocycles. The summed E-state index contributed by atoms with van der Waals surface area (Å²) >= 11 is 0. The molecule has 4 rings (SSSR count). The van der Waals surface area contributed by atoms with Gasteiger partial charge in [-0.15, -0.1) is 12.4 Å². The highest BCUT2D eigenvalue weighted by Crippen LogP contribution is 2.40. The van der Waals surface area contributed by atoms with Crippen LogP contribution in [-0.4, -0.2) is 59.5 Å². The van der Waals surface area contributed by atoms with Gasteiger partial charge in [0.25, 0.3) is 5.91 Å². The maximum Gasteiger partial charge on any atom is 0.256 e. The number of nitrogens with zero attached hydrogens (tertiary/aromatic N) is 2. The van der Waals surface area contributed by atoms with Crippen LogP contribution in [0.2, 0.25) is 0 Å². The molecule has 0 radical (unpaired) electrons. The quantitative estimate of drug-likeness (QED) is 0.429. The fourth-order valence-corrected chi connectivity index (χ4v) is 5.33. The van der Waals surface area contributed by atoms with Crippen LogP contribution in [0, 0.1) is 5.41 Å². The smallest absolute Gasteiger partial charge is 0.256 e. The lowest BCUT2D eigenvalue weighted by Gasteiger charge is -2.41. The molecule has 0 spiro atoms. The number of hydrogen-bond acceptors (Lipinski definition) is 6. The van der Waals surface area contributed by atoms with Gasteiger partial charge in [0, 0.05) is 20.0 Å². The van der Waals surface area contributed by atoms with Crippen LogP contribution < -0.4 is 16.4 Å². The van der Waals surface area contributed by atoms with E-state index in [-0.39, 0.29) is 24.1 Å². The Morgan fingerprint density at radius 3 is 2.34 bits per heavy atom. The molecule has 2 amide bonds. The number of nitrogens with one attached hydrogen (secondary N) is 2. The Morgan fingerprint density at radius 2 is 1.74 bits per heavy atom. The predicted octanol–water partition coefficient (Wildman–Crippen LogP) is 2.64. The summed E-state index contributed by atoms with van der Waals surface area (Å²) in [5.74, 6) is -0.815. The lowest BCUT2D eigenvalue weighted by molar-refractivity contribution is -0.141. The number of aryl methyl sites for hydroxylation is 1. The number of Topliss-reactive ketones (excluding diaryl/α,β-unsaturated/α-hetero) is 1. The molecule has 2 aliphatic heterocycles. The minimum absolute atomic E-state index is 0. The van der Waals surface area contributed by atoms with Crippen molar-refractivity contribution in [2.24, 2.45) is 16.3 Å². The number of amides is 2. The Hall–Kier alpha value is -3.07. The molecule has 1 fully saturated rings. The van der Waals surface area contributed by atoms with Crippen LogP contribution >= 0.6 is 12.4 Å². The van der Waals surface area contributed by atoms with Crippen molar-refractivity contribution in [3.05, 3.63) is 71.8 Å². The van der Waals surface area contributed by atoms with Gasteiger partial charge in [-0.05, 0) is 50.7 Å². The van der Waals surface area contributed by atoms with E-state index in [1.807, 2.05) is 60.7 Å². The number of rotatable bonds is 10. The van der Waals surface area contributed by atoms with Crippen LogP contribution in [0.4, 0.5) is 0 Å². The van der Waals surface area contributed by atoms with E-state index in [9.17, 15) is 14.4 Å². The van der Waals surface area contributed by atoms with E-state index in [4.69, 9.17) is 5.73 Å². The van der Waals surface area contributed by atoms with E-state index in [2.05, 4.69) is 15.7 Å². The lowest BCUT2D eigenvalue weighted by atomic mass is 9.66. The maximum absolute atomic E-state index is 14.2. The Labute approximate surface area is 230 Å². The first-order chi connectivity index (χ1) is 17.6. The van der Waals surface area contributed by atoms with Gasteiger partial charge in [0.15, 0.2) is 5.78 Å². The molecule has 2 aromatic carbocycles. The number of benzene rings is 2. The van der Waals surface area contributed by atoms with Crippen LogP contribution in [0.5, 0.6) is 0 Å². The third kappa shape index (κ3) is 6.14. The molecule has 204 valence electrons. The number of fused-ring (bicyclic) bond motifs is 1. The van der Waals surface area contributed by atoms with Crippen molar-refractivity contribution in [1.82, 2.24) is 15.6 Å². The Morgan fingerprint density at radius 1 is 1.13 bits per heavy atom. The van der Waals surface area contributed by atoms with Crippen LogP contribution in [0.25, 0.3) is 0 Å². The Balaban J connectivity index is 0.00000400. The Bertz CT molecular complexity index is 1170. The molecule has 2 heterocycles. The number of carbonyl (C=O) groups excluding carboxylic acids is 3. The number of halogens is 1. The zero-order chi connectivity index (χ0) is 26.6. The number of carbonyl (C=O) groups is 3. The molecular formula is C29H38ClN5O3. The van der Waals surface area contributed by atoms with Crippen molar-refractivity contribution in [2.75, 3.05) is 13.6 Å². The fourth-order valence-electron chi connectivity index (χ4n) is 5.33. The summed E-state index contributed by atoms with van der Waals surface area (Å²) in [7, 11) is 1.64. The van der Waals surface area contributed by atoms with Gasteiger partial charge in [0.05, 0.1) is 23.3 Å². The number of nitrogens with two attached hydrogens (primary N) is 1. The van der Waals surface area contributed by atoms with Gasteiger partial charge in [0.2, 0.25) is 5.91 Å². The van der Waals surface area contributed by atoms with Gasteiger partial charge in [-0.1, -0.05) is 60.7 Å². The highest BCUT2D eigenvalue weighted by Gasteiger charge is 2.59. The molecule has 1 saturated heterocycles. The third-order valence-corrected chi connectivity index (χ3v) is 7.31. The van der Waals surface area contributed by atoms with Crippen LogP contribution in [0.1, 0.15) is 44.2 Å². The molecule has 0 bridgehead atoms. The van der Waals surface area contributed by atoms with Crippen molar-refractivity contribution in [3.63, 3.8) is 0 Å². The van der Waals surface area contributed by atoms with Gasteiger partial charge < -0.3 is 16.4 Å². The summed E-state index contributed by atoms with van der Waals surface area (Å²) in [6.45, 7) is 3.76. The molecule has 38 heavy (non-hydrogen) atoms. The number of hydrazone groups is 1. The van der Waals surface area contributed by atoms with Crippen molar-refractivity contribution in [1.29, 1.82) is 0 Å². The van der Waals surface area contributed by atoms with E-state index in [0.29, 0.717) is 32.2 Å². The van der Waals surface area contributed by atoms with E-state index in [0.717, 1.165) is 23.3 Å². The summed E-state index contributed by atoms with van der Waals surface area (Å²) in [6.07, 6.45) is 2.83. The SMILES string of the molecule is CN1N=C2CCN[C@@H](C(=O)C(CCCc3ccccc3)NC(=O)C(C)(C)N)[C@@]2(Cc2ccccc2)C1=O.Cl. The van der Waals surface area contributed by atoms with Gasteiger partial charge in [-0.2, -0.15) is 5.10 Å². The zero-order valence-corrected chi connectivity index (χ0v) is 23.1. The van der Waals surface area contributed by atoms with Gasteiger partial charge in [-0.3, -0.25) is 14.4 Å². The molecule has 2 aliphatic rings. The van der Waals surface area contributed by atoms with E-state index >= 15 is 0 Å². The molecule has 0 aliphatic carbocycles. The number of ketones is 1. The van der Waals surface area contributed by atoms with Crippen molar-refractivity contribution < 1.29 is 14.4 Å². The summed E-state index contributed by atoms with van der Waals surface area (Å²) < 4.78 is 0. The first kappa shape index (κ1) is 29.5. The molecule has 8 nitrogen and oxygen atoms in total. The van der Waals surface area contributed by atoms with E-state index < -0.39 is 28.9 Å². The number of piperidine rings is 1. The van der Waals surface area contributed by atoms with Crippen molar-refractivity contribution in [3.8, 4) is 0 Å². The summed E-state index contributed by atoms with van der Waals surface area (Å²) in [5, 5.41) is 12.2. The third-order valence-electron chi connectivity index (χ3n) is 7.31. The fraction of sp³-hybridized carbons (Fsp3) is 0.448. The highest BCUT2D eigenvalue weighted by atomic mass is 35.5. The first-order valence-electron chi connectivity index (χ1n) is 12.9. The van der Waals surface area contributed by atoms with Crippen LogP contribution in [-0.2, 0) is 27.2 Å².